The van der Waals surface area contributed by atoms with E-state index in [0.29, 0.717) is 0 Å². The fraction of sp³-hybridized carbons (Fsp3) is 1.00. The number of hydrogen-bond acceptors (Lipinski definition) is 0. The Hall–Kier alpha value is 0.730. The molecule has 0 radical (unpaired) electrons. The van der Waals surface area contributed by atoms with Crippen molar-refractivity contribution >= 4 is 22.6 Å². The van der Waals surface area contributed by atoms with Crippen molar-refractivity contribution < 1.29 is 0 Å². The molecule has 0 aromatic rings. The lowest BCUT2D eigenvalue weighted by molar-refractivity contribution is 0.515. The van der Waals surface area contributed by atoms with Crippen LogP contribution in [0.1, 0.15) is 180 Å². The molecule has 0 bridgehead atoms. The van der Waals surface area contributed by atoms with Crippen molar-refractivity contribution in [1.82, 2.24) is 0 Å². The monoisotopic (exact) mass is 534 g/mol. The van der Waals surface area contributed by atoms with E-state index in [0.717, 1.165) is 0 Å². The zero-order valence-corrected chi connectivity index (χ0v) is 23.3. The standard InChI is InChI=1S/C29H59I/c1-2-3-4-5-6-7-8-9-10-11-12-13-14-15-16-17-18-19-20-21-22-23-24-25-26-27-28-29-30/h2-29H2,1H3. The Labute approximate surface area is 206 Å². The Kier molecular flexibility index (Phi) is 30.5. The van der Waals surface area contributed by atoms with Gasteiger partial charge in [0.2, 0.25) is 0 Å². The van der Waals surface area contributed by atoms with Gasteiger partial charge in [-0.1, -0.05) is 196 Å². The minimum atomic E-state index is 1.34. The molecule has 0 saturated heterocycles. The Morgan fingerprint density at radius 2 is 0.433 bits per heavy atom. The molecule has 0 fully saturated rings. The van der Waals surface area contributed by atoms with E-state index in [9.17, 15) is 0 Å². The van der Waals surface area contributed by atoms with Gasteiger partial charge in [0.15, 0.2) is 0 Å². The molecule has 0 N–H and O–H groups in total. The van der Waals surface area contributed by atoms with Crippen molar-refractivity contribution in [2.24, 2.45) is 0 Å². The zero-order valence-electron chi connectivity index (χ0n) is 21.2. The molecule has 0 atom stereocenters. The third kappa shape index (κ3) is 28.7. The maximum absolute atomic E-state index is 2.50. The highest BCUT2D eigenvalue weighted by atomic mass is 127. The summed E-state index contributed by atoms with van der Waals surface area (Å²) in [6.45, 7) is 2.31. The van der Waals surface area contributed by atoms with E-state index in [4.69, 9.17) is 0 Å². The molecule has 0 nitrogen and oxygen atoms in total. The van der Waals surface area contributed by atoms with Crippen LogP contribution in [0.4, 0.5) is 0 Å². The number of rotatable bonds is 27. The van der Waals surface area contributed by atoms with Crippen LogP contribution in [0.3, 0.4) is 0 Å². The lowest BCUT2D eigenvalue weighted by Gasteiger charge is -2.04. The lowest BCUT2D eigenvalue weighted by atomic mass is 10.0. The van der Waals surface area contributed by atoms with Gasteiger partial charge >= 0.3 is 0 Å². The van der Waals surface area contributed by atoms with Gasteiger partial charge < -0.3 is 0 Å². The molecular weight excluding hydrogens is 475 g/mol. The number of hydrogen-bond donors (Lipinski definition) is 0. The van der Waals surface area contributed by atoms with Gasteiger partial charge in [0.05, 0.1) is 0 Å². The second-order valence-electron chi connectivity index (χ2n) is 9.88. The van der Waals surface area contributed by atoms with Crippen LogP contribution in [0.2, 0.25) is 0 Å². The Morgan fingerprint density at radius 1 is 0.267 bits per heavy atom. The maximum Gasteiger partial charge on any atom is -0.000473 e. The van der Waals surface area contributed by atoms with Gasteiger partial charge in [-0.3, -0.25) is 0 Å². The third-order valence-electron chi connectivity index (χ3n) is 6.74. The predicted octanol–water partition coefficient (Wildman–Crippen LogP) is 12.0. The SMILES string of the molecule is CCCCCCCCCCCCCCCCCCCCCCCCCCCCCI. The lowest BCUT2D eigenvalue weighted by Crippen LogP contribution is -1.85. The first-order valence-electron chi connectivity index (χ1n) is 14.5. The van der Waals surface area contributed by atoms with E-state index in [1.807, 2.05) is 0 Å². The molecule has 0 unspecified atom stereocenters. The van der Waals surface area contributed by atoms with Gasteiger partial charge in [-0.25, -0.2) is 0 Å². The molecule has 0 rings (SSSR count). The summed E-state index contributed by atoms with van der Waals surface area (Å²) < 4.78 is 1.34. The van der Waals surface area contributed by atoms with Gasteiger partial charge in [-0.05, 0) is 10.8 Å². The smallest absolute Gasteiger partial charge is 0.000473 e. The molecule has 0 aromatic carbocycles. The van der Waals surface area contributed by atoms with Crippen molar-refractivity contribution in [3.8, 4) is 0 Å². The van der Waals surface area contributed by atoms with Crippen LogP contribution in [-0.4, -0.2) is 4.43 Å². The molecule has 0 aliphatic carbocycles. The van der Waals surface area contributed by atoms with Gasteiger partial charge in [0, 0.05) is 0 Å². The molecule has 0 aromatic heterocycles. The molecule has 0 heterocycles. The first kappa shape index (κ1) is 30.7. The summed E-state index contributed by atoms with van der Waals surface area (Å²) in [4.78, 5) is 0. The highest BCUT2D eigenvalue weighted by Gasteiger charge is 1.96. The average molecular weight is 535 g/mol. The van der Waals surface area contributed by atoms with Gasteiger partial charge in [-0.15, -0.1) is 0 Å². The molecule has 182 valence electrons. The Morgan fingerprint density at radius 3 is 0.600 bits per heavy atom. The minimum absolute atomic E-state index is 1.34. The highest BCUT2D eigenvalue weighted by molar-refractivity contribution is 14.1. The highest BCUT2D eigenvalue weighted by Crippen LogP contribution is 2.16. The molecule has 0 aliphatic heterocycles. The molecule has 30 heavy (non-hydrogen) atoms. The Balaban J connectivity index is 2.97. The third-order valence-corrected chi connectivity index (χ3v) is 7.50. The van der Waals surface area contributed by atoms with Crippen LogP contribution in [0.15, 0.2) is 0 Å². The Bertz CT molecular complexity index is 248. The number of halogens is 1. The first-order chi connectivity index (χ1) is 14.9. The van der Waals surface area contributed by atoms with Crippen LogP contribution >= 0.6 is 22.6 Å². The van der Waals surface area contributed by atoms with E-state index in [2.05, 4.69) is 29.5 Å². The van der Waals surface area contributed by atoms with Gasteiger partial charge in [-0.2, -0.15) is 0 Å². The van der Waals surface area contributed by atoms with Crippen molar-refractivity contribution in [2.75, 3.05) is 4.43 Å². The first-order valence-corrected chi connectivity index (χ1v) is 16.0. The molecule has 0 aliphatic rings. The van der Waals surface area contributed by atoms with E-state index < -0.39 is 0 Å². The molecule has 1 heteroatoms. The average Bonchev–Trinajstić information content (AvgIpc) is 2.76. The van der Waals surface area contributed by atoms with E-state index in [1.54, 1.807) is 0 Å². The van der Waals surface area contributed by atoms with Crippen LogP contribution in [-0.2, 0) is 0 Å². The topological polar surface area (TPSA) is 0 Å². The normalized spacial score (nSPS) is 11.4. The van der Waals surface area contributed by atoms with Crippen molar-refractivity contribution in [1.29, 1.82) is 0 Å². The summed E-state index contributed by atoms with van der Waals surface area (Å²) in [7, 11) is 0. The second-order valence-corrected chi connectivity index (χ2v) is 11.0. The van der Waals surface area contributed by atoms with E-state index in [-0.39, 0.29) is 0 Å². The van der Waals surface area contributed by atoms with E-state index >= 15 is 0 Å². The van der Waals surface area contributed by atoms with Crippen LogP contribution in [0, 0.1) is 0 Å². The quantitative estimate of drug-likeness (QED) is 0.0558. The molecular formula is C29H59I. The van der Waals surface area contributed by atoms with Crippen LogP contribution < -0.4 is 0 Å². The summed E-state index contributed by atoms with van der Waals surface area (Å²) in [6, 6.07) is 0. The number of alkyl halides is 1. The largest absolute Gasteiger partial charge is 0.0864 e. The summed E-state index contributed by atoms with van der Waals surface area (Å²) in [5.41, 5.74) is 0. The van der Waals surface area contributed by atoms with Crippen molar-refractivity contribution in [3.63, 3.8) is 0 Å². The molecule has 0 amide bonds. The van der Waals surface area contributed by atoms with Crippen molar-refractivity contribution in [3.05, 3.63) is 0 Å². The summed E-state index contributed by atoms with van der Waals surface area (Å²) in [6.07, 6.45) is 40.0. The summed E-state index contributed by atoms with van der Waals surface area (Å²) in [5.74, 6) is 0. The van der Waals surface area contributed by atoms with E-state index in [1.165, 1.54) is 178 Å². The summed E-state index contributed by atoms with van der Waals surface area (Å²) in [5, 5.41) is 0. The molecule has 0 saturated carbocycles. The predicted molar refractivity (Wildman–Crippen MR) is 149 cm³/mol. The van der Waals surface area contributed by atoms with Crippen molar-refractivity contribution in [2.45, 2.75) is 180 Å². The maximum atomic E-state index is 2.50. The van der Waals surface area contributed by atoms with Gasteiger partial charge in [0.25, 0.3) is 0 Å². The molecule has 0 spiro atoms. The fourth-order valence-corrected chi connectivity index (χ4v) is 5.13. The summed E-state index contributed by atoms with van der Waals surface area (Å²) >= 11 is 2.50. The van der Waals surface area contributed by atoms with Gasteiger partial charge in [0.1, 0.15) is 0 Å². The van der Waals surface area contributed by atoms with Crippen LogP contribution in [0.25, 0.3) is 0 Å². The second kappa shape index (κ2) is 29.7. The number of unbranched alkanes of at least 4 members (excludes halogenated alkanes) is 26. The minimum Gasteiger partial charge on any atom is -0.0864 e. The zero-order chi connectivity index (χ0) is 21.8. The van der Waals surface area contributed by atoms with Crippen LogP contribution in [0.5, 0.6) is 0 Å². The fourth-order valence-electron chi connectivity index (χ4n) is 4.59.